The van der Waals surface area contributed by atoms with Gasteiger partial charge in [-0.1, -0.05) is 6.07 Å². The Balaban J connectivity index is 1.58. The topological polar surface area (TPSA) is 122 Å². The predicted molar refractivity (Wildman–Crippen MR) is 103 cm³/mol. The van der Waals surface area contributed by atoms with E-state index in [1.807, 2.05) is 0 Å². The summed E-state index contributed by atoms with van der Waals surface area (Å²) in [5.41, 5.74) is 0.240. The molecule has 0 radical (unpaired) electrons. The largest absolute Gasteiger partial charge is 0.379 e. The average molecular weight is 432 g/mol. The van der Waals surface area contributed by atoms with E-state index in [0.29, 0.717) is 26.3 Å². The molecule has 0 spiro atoms. The number of hydrogen-bond acceptors (Lipinski definition) is 7. The van der Waals surface area contributed by atoms with Crippen LogP contribution in [-0.2, 0) is 24.6 Å². The first-order valence-electron chi connectivity index (χ1n) is 9.16. The fourth-order valence-electron chi connectivity index (χ4n) is 3.23. The van der Waals surface area contributed by atoms with Crippen LogP contribution in [0.4, 0.5) is 0 Å². The summed E-state index contributed by atoms with van der Waals surface area (Å²) in [6.07, 6.45) is 0.253. The number of amides is 1. The van der Waals surface area contributed by atoms with Crippen LogP contribution < -0.4 is 10.0 Å². The predicted octanol–water partition coefficient (Wildman–Crippen LogP) is -0.786. The third kappa shape index (κ3) is 5.74. The van der Waals surface area contributed by atoms with Crippen molar-refractivity contribution in [2.75, 3.05) is 50.9 Å². The van der Waals surface area contributed by atoms with Gasteiger partial charge >= 0.3 is 0 Å². The third-order valence-electron chi connectivity index (χ3n) is 4.78. The highest BCUT2D eigenvalue weighted by molar-refractivity contribution is 7.92. The zero-order chi connectivity index (χ0) is 20.2. The normalized spacial score (nSPS) is 22.8. The summed E-state index contributed by atoms with van der Waals surface area (Å²) in [6, 6.07) is 5.09. The van der Waals surface area contributed by atoms with Crippen molar-refractivity contribution in [2.45, 2.75) is 17.4 Å². The molecule has 0 saturated carbocycles. The maximum absolute atomic E-state index is 12.5. The molecule has 2 aliphatic heterocycles. The van der Waals surface area contributed by atoms with E-state index in [0.717, 1.165) is 13.1 Å². The average Bonchev–Trinajstić information content (AvgIpc) is 3.00. The smallest absolute Gasteiger partial charge is 0.251 e. The molecule has 1 unspecified atom stereocenters. The Morgan fingerprint density at radius 2 is 2.00 bits per heavy atom. The molecule has 0 aromatic heterocycles. The van der Waals surface area contributed by atoms with Crippen LogP contribution in [0.1, 0.15) is 16.8 Å². The number of morpholine rings is 1. The quantitative estimate of drug-likeness (QED) is 0.580. The van der Waals surface area contributed by atoms with E-state index in [9.17, 15) is 21.6 Å². The van der Waals surface area contributed by atoms with E-state index < -0.39 is 25.9 Å². The molecule has 11 heteroatoms. The molecule has 9 nitrogen and oxygen atoms in total. The number of rotatable bonds is 7. The number of hydrogen-bond donors (Lipinski definition) is 2. The van der Waals surface area contributed by atoms with Gasteiger partial charge in [0.25, 0.3) is 5.91 Å². The van der Waals surface area contributed by atoms with Gasteiger partial charge in [-0.15, -0.1) is 0 Å². The molecule has 28 heavy (non-hydrogen) atoms. The Hall–Kier alpha value is -1.53. The standard InChI is InChI=1S/C17H25N3O6S2/c21-17(18-5-6-20-7-9-26-10-8-20)14-2-1-3-16(12-14)28(24,25)19-15-4-11-27(22,23)13-15/h1-3,12,15,19H,4-11,13H2,(H,18,21). The highest BCUT2D eigenvalue weighted by atomic mass is 32.2. The van der Waals surface area contributed by atoms with Crippen LogP contribution in [0.25, 0.3) is 0 Å². The van der Waals surface area contributed by atoms with Gasteiger partial charge in [0.1, 0.15) is 0 Å². The van der Waals surface area contributed by atoms with Crippen molar-refractivity contribution >= 4 is 25.8 Å². The second-order valence-electron chi connectivity index (χ2n) is 6.96. The second-order valence-corrected chi connectivity index (χ2v) is 10.9. The summed E-state index contributed by atoms with van der Waals surface area (Å²) >= 11 is 0. The number of carbonyl (C=O) groups is 1. The first-order valence-corrected chi connectivity index (χ1v) is 12.5. The minimum absolute atomic E-state index is 0.0220. The van der Waals surface area contributed by atoms with E-state index in [2.05, 4.69) is 14.9 Å². The maximum Gasteiger partial charge on any atom is 0.251 e. The van der Waals surface area contributed by atoms with Gasteiger partial charge in [0.05, 0.1) is 29.6 Å². The zero-order valence-electron chi connectivity index (χ0n) is 15.5. The van der Waals surface area contributed by atoms with Crippen molar-refractivity contribution in [3.8, 4) is 0 Å². The van der Waals surface area contributed by atoms with Crippen LogP contribution in [0, 0.1) is 0 Å². The van der Waals surface area contributed by atoms with Gasteiger partial charge in [-0.2, -0.15) is 0 Å². The first-order chi connectivity index (χ1) is 13.3. The van der Waals surface area contributed by atoms with Crippen molar-refractivity contribution in [2.24, 2.45) is 0 Å². The molecule has 0 bridgehead atoms. The Morgan fingerprint density at radius 1 is 1.25 bits per heavy atom. The molecule has 2 heterocycles. The number of ether oxygens (including phenoxy) is 1. The van der Waals surface area contributed by atoms with E-state index in [1.54, 1.807) is 6.07 Å². The summed E-state index contributed by atoms with van der Waals surface area (Å²) in [4.78, 5) is 14.5. The summed E-state index contributed by atoms with van der Waals surface area (Å²) in [5, 5.41) is 2.79. The number of carbonyl (C=O) groups excluding carboxylic acids is 1. The van der Waals surface area contributed by atoms with Gasteiger partial charge in [0.15, 0.2) is 9.84 Å². The summed E-state index contributed by atoms with van der Waals surface area (Å²) in [7, 11) is -7.10. The number of sulfonamides is 1. The molecule has 2 fully saturated rings. The van der Waals surface area contributed by atoms with Crippen LogP contribution in [-0.4, -0.2) is 84.6 Å². The van der Waals surface area contributed by atoms with Crippen molar-refractivity contribution in [1.82, 2.24) is 14.9 Å². The Kier molecular flexibility index (Phi) is 6.71. The molecule has 1 atom stereocenters. The van der Waals surface area contributed by atoms with Crippen LogP contribution in [0.5, 0.6) is 0 Å². The summed E-state index contributed by atoms with van der Waals surface area (Å²) < 4.78 is 55.8. The Labute approximate surface area is 165 Å². The molecule has 1 aromatic carbocycles. The van der Waals surface area contributed by atoms with Gasteiger partial charge < -0.3 is 10.1 Å². The van der Waals surface area contributed by atoms with E-state index in [-0.39, 0.29) is 34.3 Å². The second kappa shape index (κ2) is 8.87. The highest BCUT2D eigenvalue weighted by Crippen LogP contribution is 2.17. The molecule has 2 N–H and O–H groups in total. The molecule has 1 amide bonds. The number of nitrogens with zero attached hydrogens (tertiary/aromatic N) is 1. The minimum atomic E-state index is -3.90. The first kappa shape index (κ1) is 21.2. The van der Waals surface area contributed by atoms with Crippen molar-refractivity contribution in [3.05, 3.63) is 29.8 Å². The van der Waals surface area contributed by atoms with Crippen LogP contribution >= 0.6 is 0 Å². The van der Waals surface area contributed by atoms with Gasteiger partial charge in [0, 0.05) is 37.8 Å². The Bertz CT molecular complexity index is 911. The SMILES string of the molecule is O=C(NCCN1CCOCC1)c1cccc(S(=O)(=O)NC2CCS(=O)(=O)C2)c1. The lowest BCUT2D eigenvalue weighted by molar-refractivity contribution is 0.0383. The van der Waals surface area contributed by atoms with E-state index >= 15 is 0 Å². The highest BCUT2D eigenvalue weighted by Gasteiger charge is 2.31. The molecular formula is C17H25N3O6S2. The number of benzene rings is 1. The number of sulfone groups is 1. The maximum atomic E-state index is 12.5. The van der Waals surface area contributed by atoms with Gasteiger partial charge in [0.2, 0.25) is 10.0 Å². The van der Waals surface area contributed by atoms with E-state index in [4.69, 9.17) is 4.74 Å². The fraction of sp³-hybridized carbons (Fsp3) is 0.588. The summed E-state index contributed by atoms with van der Waals surface area (Å²) in [5.74, 6) is -0.576. The minimum Gasteiger partial charge on any atom is -0.379 e. The number of nitrogens with one attached hydrogen (secondary N) is 2. The van der Waals surface area contributed by atoms with Crippen molar-refractivity contribution < 1.29 is 26.4 Å². The van der Waals surface area contributed by atoms with Crippen molar-refractivity contribution in [1.29, 1.82) is 0 Å². The van der Waals surface area contributed by atoms with Crippen molar-refractivity contribution in [3.63, 3.8) is 0 Å². The van der Waals surface area contributed by atoms with Crippen LogP contribution in [0.3, 0.4) is 0 Å². The van der Waals surface area contributed by atoms with Gasteiger partial charge in [-0.25, -0.2) is 21.6 Å². The lowest BCUT2D eigenvalue weighted by Crippen LogP contribution is -2.41. The van der Waals surface area contributed by atoms with Crippen LogP contribution in [0.15, 0.2) is 29.2 Å². The molecule has 2 saturated heterocycles. The summed E-state index contributed by atoms with van der Waals surface area (Å²) in [6.45, 7) is 4.17. The molecule has 1 aromatic rings. The molecule has 3 rings (SSSR count). The van der Waals surface area contributed by atoms with E-state index in [1.165, 1.54) is 18.2 Å². The fourth-order valence-corrected chi connectivity index (χ4v) is 6.33. The molecular weight excluding hydrogens is 406 g/mol. The zero-order valence-corrected chi connectivity index (χ0v) is 17.1. The molecule has 2 aliphatic rings. The van der Waals surface area contributed by atoms with Gasteiger partial charge in [-0.05, 0) is 24.6 Å². The lowest BCUT2D eigenvalue weighted by Gasteiger charge is -2.26. The molecule has 0 aliphatic carbocycles. The lowest BCUT2D eigenvalue weighted by atomic mass is 10.2. The van der Waals surface area contributed by atoms with Gasteiger partial charge in [-0.3, -0.25) is 9.69 Å². The molecule has 156 valence electrons. The van der Waals surface area contributed by atoms with Crippen LogP contribution in [0.2, 0.25) is 0 Å². The third-order valence-corrected chi connectivity index (χ3v) is 8.06. The Morgan fingerprint density at radius 3 is 2.68 bits per heavy atom. The monoisotopic (exact) mass is 431 g/mol.